The molecule has 7 nitrogen and oxygen atoms in total. The zero-order valence-electron chi connectivity index (χ0n) is 14.4. The fourth-order valence-corrected chi connectivity index (χ4v) is 5.04. The number of phenolic OH excluding ortho intramolecular Hbond substituents is 1. The van der Waals surface area contributed by atoms with Crippen molar-refractivity contribution >= 4 is 7.60 Å². The van der Waals surface area contributed by atoms with Gasteiger partial charge in [-0.15, -0.1) is 0 Å². The molecular formula is C16H26NO6P. The summed E-state index contributed by atoms with van der Waals surface area (Å²) in [6, 6.07) is 4.94. The van der Waals surface area contributed by atoms with Crippen LogP contribution in [0.1, 0.15) is 25.2 Å². The van der Waals surface area contributed by atoms with Gasteiger partial charge in [0.05, 0.1) is 33.5 Å². The van der Waals surface area contributed by atoms with Crippen LogP contribution < -0.4 is 4.74 Å². The van der Waals surface area contributed by atoms with Crippen LogP contribution in [0, 0.1) is 0 Å². The molecule has 1 N–H and O–H groups in total. The van der Waals surface area contributed by atoms with E-state index in [0.29, 0.717) is 32.1 Å². The molecular weight excluding hydrogens is 333 g/mol. The van der Waals surface area contributed by atoms with Crippen LogP contribution in [-0.2, 0) is 18.3 Å². The van der Waals surface area contributed by atoms with Crippen LogP contribution in [0.2, 0.25) is 0 Å². The van der Waals surface area contributed by atoms with Gasteiger partial charge < -0.3 is 23.6 Å². The molecule has 8 heteroatoms. The molecule has 1 aliphatic heterocycles. The minimum atomic E-state index is -3.43. The lowest BCUT2D eigenvalue weighted by Gasteiger charge is -2.37. The Morgan fingerprint density at radius 3 is 2.42 bits per heavy atom. The molecule has 1 aliphatic rings. The lowest BCUT2D eigenvalue weighted by Crippen LogP contribution is -2.39. The topological polar surface area (TPSA) is 77.5 Å². The Balaban J connectivity index is 2.47. The maximum Gasteiger partial charge on any atom is 0.352 e. The molecule has 24 heavy (non-hydrogen) atoms. The van der Waals surface area contributed by atoms with Gasteiger partial charge in [-0.1, -0.05) is 6.07 Å². The third-order valence-corrected chi connectivity index (χ3v) is 6.27. The zero-order chi connectivity index (χ0) is 17.6. The molecule has 1 fully saturated rings. The van der Waals surface area contributed by atoms with Crippen molar-refractivity contribution in [1.82, 2.24) is 4.90 Å². The van der Waals surface area contributed by atoms with E-state index in [1.165, 1.54) is 13.2 Å². The van der Waals surface area contributed by atoms with Crippen molar-refractivity contribution in [2.45, 2.75) is 19.6 Å². The summed E-state index contributed by atoms with van der Waals surface area (Å²) in [7, 11) is -1.95. The van der Waals surface area contributed by atoms with Gasteiger partial charge in [0, 0.05) is 13.1 Å². The second-order valence-corrected chi connectivity index (χ2v) is 7.41. The van der Waals surface area contributed by atoms with Crippen LogP contribution in [0.4, 0.5) is 0 Å². The Hall–Kier alpha value is -1.11. The molecule has 136 valence electrons. The molecule has 1 atom stereocenters. The van der Waals surface area contributed by atoms with Crippen LogP contribution in [0.15, 0.2) is 18.2 Å². The summed E-state index contributed by atoms with van der Waals surface area (Å²) < 4.78 is 35.2. The van der Waals surface area contributed by atoms with Crippen molar-refractivity contribution in [3.05, 3.63) is 23.8 Å². The van der Waals surface area contributed by atoms with E-state index in [1.807, 2.05) is 4.90 Å². The van der Waals surface area contributed by atoms with E-state index in [1.54, 1.807) is 26.0 Å². The molecule has 0 saturated carbocycles. The Morgan fingerprint density at radius 2 is 1.88 bits per heavy atom. The highest BCUT2D eigenvalue weighted by atomic mass is 31.2. The van der Waals surface area contributed by atoms with E-state index in [0.717, 1.165) is 5.56 Å². The monoisotopic (exact) mass is 359 g/mol. The molecule has 2 rings (SSSR count). The van der Waals surface area contributed by atoms with E-state index in [9.17, 15) is 9.67 Å². The molecule has 0 amide bonds. The Kier molecular flexibility index (Phi) is 7.07. The van der Waals surface area contributed by atoms with Crippen LogP contribution in [-0.4, -0.2) is 56.6 Å². The van der Waals surface area contributed by atoms with E-state index < -0.39 is 13.4 Å². The van der Waals surface area contributed by atoms with Crippen molar-refractivity contribution in [2.24, 2.45) is 0 Å². The van der Waals surface area contributed by atoms with Gasteiger partial charge in [0.25, 0.3) is 0 Å². The first-order valence-corrected chi connectivity index (χ1v) is 9.74. The molecule has 0 aromatic heterocycles. The standard InChI is InChI=1S/C16H26NO6P/c1-4-22-24(19,23-5-2)16(17-8-10-21-11-9-17)13-6-7-14(18)15(12-13)20-3/h6-7,12,16,18H,4-5,8-11H2,1-3H3. The van der Waals surface area contributed by atoms with Gasteiger partial charge in [-0.2, -0.15) is 0 Å². The van der Waals surface area contributed by atoms with Crippen LogP contribution in [0.25, 0.3) is 0 Å². The van der Waals surface area contributed by atoms with E-state index >= 15 is 0 Å². The van der Waals surface area contributed by atoms with Gasteiger partial charge in [0.1, 0.15) is 5.78 Å². The summed E-state index contributed by atoms with van der Waals surface area (Å²) in [6.07, 6.45) is 0. The number of rotatable bonds is 8. The fraction of sp³-hybridized carbons (Fsp3) is 0.625. The summed E-state index contributed by atoms with van der Waals surface area (Å²) in [5.74, 6) is -0.217. The SMILES string of the molecule is CCOP(=O)(OCC)C(c1ccc(O)c(OC)c1)N1CCOCC1. The smallest absolute Gasteiger partial charge is 0.352 e. The van der Waals surface area contributed by atoms with E-state index in [-0.39, 0.29) is 19.0 Å². The molecule has 0 bridgehead atoms. The lowest BCUT2D eigenvalue weighted by atomic mass is 10.1. The predicted octanol–water partition coefficient (Wildman–Crippen LogP) is 3.00. The molecule has 1 unspecified atom stereocenters. The summed E-state index contributed by atoms with van der Waals surface area (Å²) in [5.41, 5.74) is 0.719. The van der Waals surface area contributed by atoms with Gasteiger partial charge in [0.2, 0.25) is 0 Å². The summed E-state index contributed by atoms with van der Waals surface area (Å²) in [4.78, 5) is 2.04. The number of hydrogen-bond acceptors (Lipinski definition) is 7. The molecule has 1 aromatic carbocycles. The van der Waals surface area contributed by atoms with Gasteiger partial charge >= 0.3 is 7.60 Å². The maximum absolute atomic E-state index is 13.5. The van der Waals surface area contributed by atoms with Crippen molar-refractivity contribution < 1.29 is 28.2 Å². The van der Waals surface area contributed by atoms with E-state index in [4.69, 9.17) is 18.5 Å². The van der Waals surface area contributed by atoms with Crippen molar-refractivity contribution in [1.29, 1.82) is 0 Å². The predicted molar refractivity (Wildman–Crippen MR) is 90.7 cm³/mol. The van der Waals surface area contributed by atoms with Crippen molar-refractivity contribution in [2.75, 3.05) is 46.6 Å². The third-order valence-electron chi connectivity index (χ3n) is 3.81. The van der Waals surface area contributed by atoms with Crippen LogP contribution >= 0.6 is 7.60 Å². The Labute approximate surface area is 143 Å². The molecule has 1 aromatic rings. The molecule has 0 radical (unpaired) electrons. The first kappa shape index (κ1) is 19.2. The average molecular weight is 359 g/mol. The van der Waals surface area contributed by atoms with Gasteiger partial charge in [0.15, 0.2) is 11.5 Å². The highest BCUT2D eigenvalue weighted by Crippen LogP contribution is 2.62. The number of aromatic hydroxyl groups is 1. The molecule has 0 aliphatic carbocycles. The normalized spacial score (nSPS) is 17.6. The number of benzene rings is 1. The lowest BCUT2D eigenvalue weighted by molar-refractivity contribution is 0.0236. The highest BCUT2D eigenvalue weighted by molar-refractivity contribution is 7.54. The third kappa shape index (κ3) is 4.29. The van der Waals surface area contributed by atoms with Gasteiger partial charge in [-0.05, 0) is 31.5 Å². The van der Waals surface area contributed by atoms with E-state index in [2.05, 4.69) is 0 Å². The van der Waals surface area contributed by atoms with Crippen molar-refractivity contribution in [3.8, 4) is 11.5 Å². The highest BCUT2D eigenvalue weighted by Gasteiger charge is 2.42. The Morgan fingerprint density at radius 1 is 1.25 bits per heavy atom. The van der Waals surface area contributed by atoms with Gasteiger partial charge in [-0.25, -0.2) is 0 Å². The Bertz CT molecular complexity index is 566. The fourth-order valence-electron chi connectivity index (χ4n) is 2.81. The maximum atomic E-state index is 13.5. The van der Waals surface area contributed by atoms with Crippen molar-refractivity contribution in [3.63, 3.8) is 0 Å². The molecule has 0 spiro atoms. The van der Waals surface area contributed by atoms with Gasteiger partial charge in [-0.3, -0.25) is 9.46 Å². The van der Waals surface area contributed by atoms with Crippen LogP contribution in [0.3, 0.4) is 0 Å². The number of ether oxygens (including phenoxy) is 2. The first-order chi connectivity index (χ1) is 11.6. The molecule has 1 heterocycles. The number of hydrogen-bond donors (Lipinski definition) is 1. The molecule has 1 saturated heterocycles. The largest absolute Gasteiger partial charge is 0.504 e. The quantitative estimate of drug-likeness (QED) is 0.715. The second-order valence-electron chi connectivity index (χ2n) is 5.33. The minimum absolute atomic E-state index is 0.0321. The summed E-state index contributed by atoms with van der Waals surface area (Å²) in [5, 5.41) is 9.85. The number of morpholine rings is 1. The zero-order valence-corrected chi connectivity index (χ0v) is 15.3. The first-order valence-electron chi connectivity index (χ1n) is 8.13. The van der Waals surface area contributed by atoms with Crippen LogP contribution in [0.5, 0.6) is 11.5 Å². The summed E-state index contributed by atoms with van der Waals surface area (Å²) >= 11 is 0. The second kappa shape index (κ2) is 8.83. The summed E-state index contributed by atoms with van der Waals surface area (Å²) in [6.45, 7) is 6.52. The number of nitrogens with zero attached hydrogens (tertiary/aromatic N) is 1. The number of methoxy groups -OCH3 is 1. The average Bonchev–Trinajstić information content (AvgIpc) is 2.58. The number of phenols is 1. The minimum Gasteiger partial charge on any atom is -0.504 e.